The predicted molar refractivity (Wildman–Crippen MR) is 70.5 cm³/mol. The van der Waals surface area contributed by atoms with Gasteiger partial charge >= 0.3 is 0 Å². The Morgan fingerprint density at radius 1 is 1.10 bits per heavy atom. The Kier molecular flexibility index (Phi) is 3.22. The molecule has 3 aromatic rings. The largest absolute Gasteiger partial charge is 0.392 e. The summed E-state index contributed by atoms with van der Waals surface area (Å²) in [6, 6.07) is 13.5. The summed E-state index contributed by atoms with van der Waals surface area (Å²) in [5, 5.41) is 21.4. The molecule has 0 aliphatic heterocycles. The number of hydrogen-bond donors (Lipinski definition) is 1. The molecule has 0 saturated carbocycles. The summed E-state index contributed by atoms with van der Waals surface area (Å²) in [5.74, 6) is 0.0556. The van der Waals surface area contributed by atoms with Gasteiger partial charge in [0.1, 0.15) is 5.82 Å². The Balaban J connectivity index is 2.02. The van der Waals surface area contributed by atoms with Crippen molar-refractivity contribution < 1.29 is 9.50 Å². The summed E-state index contributed by atoms with van der Waals surface area (Å²) >= 11 is 0. The molecule has 100 valence electrons. The molecule has 1 heterocycles. The van der Waals surface area contributed by atoms with Crippen molar-refractivity contribution in [3.05, 3.63) is 59.9 Å². The first kappa shape index (κ1) is 12.4. The third-order valence-corrected chi connectivity index (χ3v) is 2.87. The number of rotatable bonds is 3. The normalized spacial score (nSPS) is 10.7. The van der Waals surface area contributed by atoms with Crippen LogP contribution in [0.15, 0.2) is 48.5 Å². The third kappa shape index (κ3) is 2.28. The van der Waals surface area contributed by atoms with Gasteiger partial charge in [-0.3, -0.25) is 0 Å². The van der Waals surface area contributed by atoms with Crippen LogP contribution in [-0.2, 0) is 6.61 Å². The average molecular weight is 270 g/mol. The number of hydrogen-bond acceptors (Lipinski definition) is 4. The Labute approximate surface area is 114 Å². The van der Waals surface area contributed by atoms with E-state index in [2.05, 4.69) is 15.4 Å². The van der Waals surface area contributed by atoms with Crippen LogP contribution in [0.25, 0.3) is 17.1 Å². The van der Waals surface area contributed by atoms with Gasteiger partial charge in [0, 0.05) is 11.1 Å². The summed E-state index contributed by atoms with van der Waals surface area (Å²) in [6.45, 7) is -0.296. The molecule has 6 heteroatoms. The van der Waals surface area contributed by atoms with Crippen molar-refractivity contribution in [1.29, 1.82) is 0 Å². The smallest absolute Gasteiger partial charge is 0.205 e. The number of aliphatic hydroxyl groups excluding tert-OH is 1. The van der Waals surface area contributed by atoms with Gasteiger partial charge in [-0.1, -0.05) is 30.3 Å². The second-order valence-electron chi connectivity index (χ2n) is 4.20. The van der Waals surface area contributed by atoms with Crippen molar-refractivity contribution >= 4 is 0 Å². The lowest BCUT2D eigenvalue weighted by atomic mass is 10.2. The minimum absolute atomic E-state index is 0.296. The lowest BCUT2D eigenvalue weighted by molar-refractivity contribution is 0.280. The molecule has 0 atom stereocenters. The minimum Gasteiger partial charge on any atom is -0.392 e. The molecule has 1 N–H and O–H groups in total. The molecule has 0 aliphatic rings. The summed E-state index contributed by atoms with van der Waals surface area (Å²) in [4.78, 5) is 1.29. The van der Waals surface area contributed by atoms with E-state index < -0.39 is 5.82 Å². The van der Waals surface area contributed by atoms with E-state index in [1.807, 2.05) is 30.3 Å². The third-order valence-electron chi connectivity index (χ3n) is 2.87. The van der Waals surface area contributed by atoms with Gasteiger partial charge in [0.25, 0.3) is 0 Å². The van der Waals surface area contributed by atoms with Crippen molar-refractivity contribution in [2.45, 2.75) is 6.61 Å². The van der Waals surface area contributed by atoms with Crippen molar-refractivity contribution in [3.8, 4) is 17.1 Å². The van der Waals surface area contributed by atoms with Crippen LogP contribution in [0.4, 0.5) is 4.39 Å². The van der Waals surface area contributed by atoms with Crippen molar-refractivity contribution in [2.75, 3.05) is 0 Å². The van der Waals surface area contributed by atoms with Crippen LogP contribution in [0, 0.1) is 5.82 Å². The highest BCUT2D eigenvalue weighted by molar-refractivity contribution is 5.53. The predicted octanol–water partition coefficient (Wildman–Crippen LogP) is 1.96. The fourth-order valence-corrected chi connectivity index (χ4v) is 1.90. The van der Waals surface area contributed by atoms with E-state index in [1.165, 1.54) is 23.0 Å². The van der Waals surface area contributed by atoms with E-state index in [9.17, 15) is 9.50 Å². The van der Waals surface area contributed by atoms with E-state index in [-0.39, 0.29) is 6.61 Å². The summed E-state index contributed by atoms with van der Waals surface area (Å²) in [6.07, 6.45) is 0. The van der Waals surface area contributed by atoms with E-state index in [0.717, 1.165) is 5.56 Å². The molecular formula is C14H11FN4O. The standard InChI is InChI=1S/C14H11FN4O/c15-12-6-7-13(11(8-12)9-20)19-17-14(16-18-19)10-4-2-1-3-5-10/h1-8,20H,9H2. The molecule has 0 fully saturated rings. The monoisotopic (exact) mass is 270 g/mol. The van der Waals surface area contributed by atoms with Crippen molar-refractivity contribution in [3.63, 3.8) is 0 Å². The van der Waals surface area contributed by atoms with Crippen LogP contribution in [0.2, 0.25) is 0 Å². The highest BCUT2D eigenvalue weighted by Crippen LogP contribution is 2.17. The molecule has 0 unspecified atom stereocenters. The number of nitrogens with zero attached hydrogens (tertiary/aromatic N) is 4. The maximum absolute atomic E-state index is 13.1. The SMILES string of the molecule is OCc1cc(F)ccc1-n1nnc(-c2ccccc2)n1. The Bertz CT molecular complexity index is 727. The molecule has 0 saturated heterocycles. The van der Waals surface area contributed by atoms with Crippen LogP contribution in [-0.4, -0.2) is 25.3 Å². The van der Waals surface area contributed by atoms with Gasteiger partial charge in [-0.2, -0.15) is 0 Å². The Morgan fingerprint density at radius 3 is 2.65 bits per heavy atom. The van der Waals surface area contributed by atoms with Crippen LogP contribution >= 0.6 is 0 Å². The highest BCUT2D eigenvalue weighted by Gasteiger charge is 2.10. The van der Waals surface area contributed by atoms with Gasteiger partial charge in [0.15, 0.2) is 0 Å². The molecule has 0 radical (unpaired) electrons. The molecule has 3 rings (SSSR count). The lowest BCUT2D eigenvalue weighted by Crippen LogP contribution is -2.04. The second-order valence-corrected chi connectivity index (χ2v) is 4.20. The highest BCUT2D eigenvalue weighted by atomic mass is 19.1. The fourth-order valence-electron chi connectivity index (χ4n) is 1.90. The van der Waals surface area contributed by atoms with Crippen LogP contribution in [0.1, 0.15) is 5.56 Å². The topological polar surface area (TPSA) is 63.8 Å². The first-order valence-electron chi connectivity index (χ1n) is 6.03. The number of tetrazole rings is 1. The van der Waals surface area contributed by atoms with Gasteiger partial charge in [0.2, 0.25) is 5.82 Å². The number of aromatic nitrogens is 4. The molecule has 2 aromatic carbocycles. The molecule has 5 nitrogen and oxygen atoms in total. The molecule has 0 amide bonds. The molecule has 1 aromatic heterocycles. The van der Waals surface area contributed by atoms with Crippen LogP contribution < -0.4 is 0 Å². The van der Waals surface area contributed by atoms with Gasteiger partial charge in [-0.25, -0.2) is 4.39 Å². The van der Waals surface area contributed by atoms with Gasteiger partial charge in [0.05, 0.1) is 12.3 Å². The minimum atomic E-state index is -0.416. The average Bonchev–Trinajstić information content (AvgIpc) is 2.97. The zero-order valence-electron chi connectivity index (χ0n) is 10.4. The quantitative estimate of drug-likeness (QED) is 0.790. The number of benzene rings is 2. The summed E-state index contributed by atoms with van der Waals surface area (Å²) in [5.41, 5.74) is 1.75. The van der Waals surface area contributed by atoms with Gasteiger partial charge in [-0.05, 0) is 23.4 Å². The van der Waals surface area contributed by atoms with E-state index in [1.54, 1.807) is 0 Å². The summed E-state index contributed by atoms with van der Waals surface area (Å²) < 4.78 is 13.1. The van der Waals surface area contributed by atoms with Gasteiger partial charge < -0.3 is 5.11 Å². The van der Waals surface area contributed by atoms with E-state index in [0.29, 0.717) is 17.1 Å². The molecular weight excluding hydrogens is 259 g/mol. The van der Waals surface area contributed by atoms with E-state index >= 15 is 0 Å². The zero-order valence-corrected chi connectivity index (χ0v) is 10.4. The Hall–Kier alpha value is -2.60. The maximum atomic E-state index is 13.1. The fraction of sp³-hybridized carbons (Fsp3) is 0.0714. The number of halogens is 1. The maximum Gasteiger partial charge on any atom is 0.205 e. The molecule has 20 heavy (non-hydrogen) atoms. The molecule has 0 aliphatic carbocycles. The van der Waals surface area contributed by atoms with Crippen LogP contribution in [0.5, 0.6) is 0 Å². The van der Waals surface area contributed by atoms with Gasteiger partial charge in [-0.15, -0.1) is 15.0 Å². The number of aliphatic hydroxyl groups is 1. The molecule has 0 spiro atoms. The van der Waals surface area contributed by atoms with Crippen molar-refractivity contribution in [1.82, 2.24) is 20.2 Å². The summed E-state index contributed by atoms with van der Waals surface area (Å²) in [7, 11) is 0. The van der Waals surface area contributed by atoms with E-state index in [4.69, 9.17) is 0 Å². The zero-order chi connectivity index (χ0) is 13.9. The first-order chi connectivity index (χ1) is 9.78. The first-order valence-corrected chi connectivity index (χ1v) is 6.03. The van der Waals surface area contributed by atoms with Crippen molar-refractivity contribution in [2.24, 2.45) is 0 Å². The molecule has 0 bridgehead atoms. The lowest BCUT2D eigenvalue weighted by Gasteiger charge is -2.04. The Morgan fingerprint density at radius 2 is 1.90 bits per heavy atom. The van der Waals surface area contributed by atoms with Crippen LogP contribution in [0.3, 0.4) is 0 Å². The second kappa shape index (κ2) is 5.18.